The minimum Gasteiger partial charge on any atom is -0.487 e. The van der Waals surface area contributed by atoms with Gasteiger partial charge in [0.05, 0.1) is 6.33 Å². The standard InChI is InChI=1S/C16H20F2N4O2/c1-12-3-4-13(9-14(12)24-10-15(17)18)21-16(23)20-5-2-7-22-8-6-19-11-22/h3-4,6,8-9,11,15H,2,5,7,10H2,1H3,(H2,20,21,23). The lowest BCUT2D eigenvalue weighted by molar-refractivity contribution is 0.0816. The molecule has 2 N–H and O–H groups in total. The molecule has 2 amide bonds. The van der Waals surface area contributed by atoms with Crippen LogP contribution in [0.2, 0.25) is 0 Å². The van der Waals surface area contributed by atoms with Crippen LogP contribution in [0.15, 0.2) is 36.9 Å². The van der Waals surface area contributed by atoms with Crippen LogP contribution < -0.4 is 15.4 Å². The van der Waals surface area contributed by atoms with Gasteiger partial charge in [-0.1, -0.05) is 6.07 Å². The van der Waals surface area contributed by atoms with Crippen LogP contribution in [0, 0.1) is 6.92 Å². The van der Waals surface area contributed by atoms with Gasteiger partial charge in [-0.05, 0) is 25.0 Å². The zero-order valence-corrected chi connectivity index (χ0v) is 13.3. The van der Waals surface area contributed by atoms with Gasteiger partial charge in [0.15, 0.2) is 0 Å². The van der Waals surface area contributed by atoms with Crippen molar-refractivity contribution >= 4 is 11.7 Å². The number of amides is 2. The number of aryl methyl sites for hydroxylation is 2. The molecule has 24 heavy (non-hydrogen) atoms. The summed E-state index contributed by atoms with van der Waals surface area (Å²) >= 11 is 0. The number of ether oxygens (including phenoxy) is 1. The number of hydrogen-bond acceptors (Lipinski definition) is 3. The molecule has 2 aromatic rings. The molecule has 0 saturated heterocycles. The zero-order valence-electron chi connectivity index (χ0n) is 13.3. The van der Waals surface area contributed by atoms with Crippen molar-refractivity contribution in [1.82, 2.24) is 14.9 Å². The predicted molar refractivity (Wildman–Crippen MR) is 86.5 cm³/mol. The van der Waals surface area contributed by atoms with Crippen molar-refractivity contribution in [2.75, 3.05) is 18.5 Å². The van der Waals surface area contributed by atoms with E-state index in [4.69, 9.17) is 4.74 Å². The Balaban J connectivity index is 1.77. The summed E-state index contributed by atoms with van der Waals surface area (Å²) in [6, 6.07) is 4.57. The second kappa shape index (κ2) is 8.85. The van der Waals surface area contributed by atoms with Crippen LogP contribution in [0.1, 0.15) is 12.0 Å². The number of urea groups is 1. The minimum atomic E-state index is -2.54. The number of carbonyl (C=O) groups is 1. The van der Waals surface area contributed by atoms with Crippen molar-refractivity contribution in [1.29, 1.82) is 0 Å². The van der Waals surface area contributed by atoms with E-state index in [9.17, 15) is 13.6 Å². The van der Waals surface area contributed by atoms with Gasteiger partial charge in [0.25, 0.3) is 6.43 Å². The van der Waals surface area contributed by atoms with Crippen molar-refractivity contribution in [3.8, 4) is 5.75 Å². The van der Waals surface area contributed by atoms with Crippen LogP contribution >= 0.6 is 0 Å². The van der Waals surface area contributed by atoms with Gasteiger partial charge in [0, 0.05) is 37.2 Å². The smallest absolute Gasteiger partial charge is 0.319 e. The maximum Gasteiger partial charge on any atom is 0.319 e. The fourth-order valence-corrected chi connectivity index (χ4v) is 2.04. The van der Waals surface area contributed by atoms with Gasteiger partial charge < -0.3 is 19.9 Å². The largest absolute Gasteiger partial charge is 0.487 e. The number of halogens is 2. The van der Waals surface area contributed by atoms with E-state index in [0.29, 0.717) is 18.0 Å². The van der Waals surface area contributed by atoms with Crippen LogP contribution in [0.3, 0.4) is 0 Å². The third kappa shape index (κ3) is 5.86. The molecule has 0 aliphatic carbocycles. The highest BCUT2D eigenvalue weighted by Crippen LogP contribution is 2.23. The van der Waals surface area contributed by atoms with Crippen LogP contribution in [0.4, 0.5) is 19.3 Å². The van der Waals surface area contributed by atoms with E-state index >= 15 is 0 Å². The topological polar surface area (TPSA) is 68.2 Å². The molecule has 0 bridgehead atoms. The summed E-state index contributed by atoms with van der Waals surface area (Å²) < 4.78 is 31.4. The molecule has 1 aromatic heterocycles. The first kappa shape index (κ1) is 17.7. The molecule has 6 nitrogen and oxygen atoms in total. The van der Waals surface area contributed by atoms with Crippen LogP contribution in [0.25, 0.3) is 0 Å². The number of carbonyl (C=O) groups excluding carboxylic acids is 1. The van der Waals surface area contributed by atoms with Gasteiger partial charge in [0.1, 0.15) is 12.4 Å². The van der Waals surface area contributed by atoms with Crippen molar-refractivity contribution in [3.05, 3.63) is 42.5 Å². The van der Waals surface area contributed by atoms with E-state index < -0.39 is 13.0 Å². The lowest BCUT2D eigenvalue weighted by Crippen LogP contribution is -2.30. The first-order valence-electron chi connectivity index (χ1n) is 7.57. The molecule has 0 aliphatic rings. The zero-order chi connectivity index (χ0) is 17.4. The molecule has 0 saturated carbocycles. The highest BCUT2D eigenvalue weighted by atomic mass is 19.3. The second-order valence-electron chi connectivity index (χ2n) is 5.22. The summed E-state index contributed by atoms with van der Waals surface area (Å²) in [4.78, 5) is 15.8. The highest BCUT2D eigenvalue weighted by molar-refractivity contribution is 5.89. The highest BCUT2D eigenvalue weighted by Gasteiger charge is 2.08. The van der Waals surface area contributed by atoms with Crippen molar-refractivity contribution in [3.63, 3.8) is 0 Å². The van der Waals surface area contributed by atoms with E-state index in [-0.39, 0.29) is 6.03 Å². The second-order valence-corrected chi connectivity index (χ2v) is 5.22. The molecular weight excluding hydrogens is 318 g/mol. The summed E-state index contributed by atoms with van der Waals surface area (Å²) in [5, 5.41) is 5.39. The Morgan fingerprint density at radius 2 is 2.25 bits per heavy atom. The summed E-state index contributed by atoms with van der Waals surface area (Å²) in [6.07, 6.45) is 3.49. The summed E-state index contributed by atoms with van der Waals surface area (Å²) in [5.74, 6) is 0.327. The summed E-state index contributed by atoms with van der Waals surface area (Å²) in [5.41, 5.74) is 1.21. The maximum atomic E-state index is 12.2. The van der Waals surface area contributed by atoms with Crippen LogP contribution in [-0.4, -0.2) is 35.2 Å². The molecule has 2 rings (SSSR count). The molecule has 1 heterocycles. The van der Waals surface area contributed by atoms with Crippen LogP contribution in [-0.2, 0) is 6.54 Å². The Kier molecular flexibility index (Phi) is 6.53. The normalized spacial score (nSPS) is 10.7. The van der Waals surface area contributed by atoms with Gasteiger partial charge >= 0.3 is 6.03 Å². The lowest BCUT2D eigenvalue weighted by Gasteiger charge is -2.12. The maximum absolute atomic E-state index is 12.2. The molecule has 0 aliphatic heterocycles. The molecule has 130 valence electrons. The third-order valence-corrected chi connectivity index (χ3v) is 3.25. The van der Waals surface area contributed by atoms with E-state index in [2.05, 4.69) is 15.6 Å². The van der Waals surface area contributed by atoms with Gasteiger partial charge in [-0.2, -0.15) is 0 Å². The number of rotatable bonds is 8. The van der Waals surface area contributed by atoms with E-state index in [1.807, 2.05) is 10.8 Å². The molecule has 0 fully saturated rings. The Morgan fingerprint density at radius 1 is 1.42 bits per heavy atom. The molecule has 1 aromatic carbocycles. The van der Waals surface area contributed by atoms with E-state index in [1.54, 1.807) is 31.6 Å². The third-order valence-electron chi connectivity index (χ3n) is 3.25. The summed E-state index contributed by atoms with van der Waals surface area (Å²) in [6.45, 7) is 2.34. The Morgan fingerprint density at radius 3 is 2.96 bits per heavy atom. The molecule has 0 radical (unpaired) electrons. The van der Waals surface area contributed by atoms with E-state index in [1.165, 1.54) is 6.07 Å². The number of nitrogens with zero attached hydrogens (tertiary/aromatic N) is 2. The quantitative estimate of drug-likeness (QED) is 0.727. The van der Waals surface area contributed by atoms with Crippen molar-refractivity contribution < 1.29 is 18.3 Å². The average Bonchev–Trinajstić information content (AvgIpc) is 3.05. The van der Waals surface area contributed by atoms with Gasteiger partial charge in [-0.25, -0.2) is 18.6 Å². The lowest BCUT2D eigenvalue weighted by atomic mass is 10.2. The minimum absolute atomic E-state index is 0.327. The molecule has 0 spiro atoms. The van der Waals surface area contributed by atoms with Crippen LogP contribution in [0.5, 0.6) is 5.75 Å². The SMILES string of the molecule is Cc1ccc(NC(=O)NCCCn2ccnc2)cc1OCC(F)F. The Hall–Kier alpha value is -2.64. The fraction of sp³-hybridized carbons (Fsp3) is 0.375. The number of alkyl halides is 2. The van der Waals surface area contributed by atoms with Gasteiger partial charge in [-0.3, -0.25) is 0 Å². The number of imidazole rings is 1. The first-order chi connectivity index (χ1) is 11.5. The number of hydrogen-bond donors (Lipinski definition) is 2. The van der Waals surface area contributed by atoms with Gasteiger partial charge in [0.2, 0.25) is 0 Å². The average molecular weight is 338 g/mol. The molecular formula is C16H20F2N4O2. The number of nitrogens with one attached hydrogen (secondary N) is 2. The monoisotopic (exact) mass is 338 g/mol. The number of anilines is 1. The summed E-state index contributed by atoms with van der Waals surface area (Å²) in [7, 11) is 0. The Labute approximate surface area is 138 Å². The predicted octanol–water partition coefficient (Wildman–Crippen LogP) is 3.05. The van der Waals surface area contributed by atoms with Gasteiger partial charge in [-0.15, -0.1) is 0 Å². The molecule has 8 heteroatoms. The number of aromatic nitrogens is 2. The fourth-order valence-electron chi connectivity index (χ4n) is 2.04. The first-order valence-corrected chi connectivity index (χ1v) is 7.57. The van der Waals surface area contributed by atoms with Crippen molar-refractivity contribution in [2.24, 2.45) is 0 Å². The molecule has 0 unspecified atom stereocenters. The van der Waals surface area contributed by atoms with E-state index in [0.717, 1.165) is 18.5 Å². The molecule has 0 atom stereocenters. The Bertz CT molecular complexity index is 648. The number of benzene rings is 1. The van der Waals surface area contributed by atoms with Crippen molar-refractivity contribution in [2.45, 2.75) is 26.3 Å².